The number of pyridine rings is 1. The fourth-order valence-electron chi connectivity index (χ4n) is 2.86. The molecule has 104 valence electrons. The van der Waals surface area contributed by atoms with Crippen molar-refractivity contribution in [1.29, 1.82) is 0 Å². The van der Waals surface area contributed by atoms with Gasteiger partial charge in [0.2, 0.25) is 0 Å². The highest BCUT2D eigenvalue weighted by molar-refractivity contribution is 6.00. The van der Waals surface area contributed by atoms with Crippen LogP contribution in [0.1, 0.15) is 38.8 Å². The molecule has 0 aliphatic carbocycles. The van der Waals surface area contributed by atoms with Crippen LogP contribution in [0.15, 0.2) is 23.5 Å². The Morgan fingerprint density at radius 2 is 2.26 bits per heavy atom. The predicted octanol–water partition coefficient (Wildman–Crippen LogP) is 2.19. The third-order valence-electron chi connectivity index (χ3n) is 4.42. The Bertz CT molecular complexity index is 468. The molecule has 5 heteroatoms. The van der Waals surface area contributed by atoms with Crippen molar-refractivity contribution < 1.29 is 5.21 Å². The molecule has 2 heterocycles. The third kappa shape index (κ3) is 2.50. The summed E-state index contributed by atoms with van der Waals surface area (Å²) >= 11 is 0. The Morgan fingerprint density at radius 1 is 1.53 bits per heavy atom. The third-order valence-corrected chi connectivity index (χ3v) is 4.42. The molecule has 2 rings (SSSR count). The minimum absolute atomic E-state index is 0.0705. The lowest BCUT2D eigenvalue weighted by molar-refractivity contribution is 0.301. The number of amidine groups is 1. The van der Waals surface area contributed by atoms with Crippen LogP contribution in [-0.2, 0) is 0 Å². The van der Waals surface area contributed by atoms with Crippen LogP contribution in [0.4, 0.5) is 5.69 Å². The number of hydrogen-bond donors (Lipinski definition) is 2. The number of oxime groups is 1. The predicted molar refractivity (Wildman–Crippen MR) is 76.6 cm³/mol. The Kier molecular flexibility index (Phi) is 3.93. The van der Waals surface area contributed by atoms with Gasteiger partial charge in [-0.15, -0.1) is 0 Å². The quantitative estimate of drug-likeness (QED) is 0.377. The van der Waals surface area contributed by atoms with E-state index in [0.29, 0.717) is 11.1 Å². The second-order valence-corrected chi connectivity index (χ2v) is 5.24. The molecule has 5 nitrogen and oxygen atoms in total. The number of anilines is 1. The van der Waals surface area contributed by atoms with Crippen molar-refractivity contribution in [2.45, 2.75) is 33.1 Å². The molecule has 0 aromatic carbocycles. The molecular formula is C14H22N4O. The van der Waals surface area contributed by atoms with Gasteiger partial charge in [0.05, 0.1) is 5.69 Å². The average Bonchev–Trinajstić information content (AvgIpc) is 2.91. The first kappa shape index (κ1) is 13.6. The van der Waals surface area contributed by atoms with E-state index in [9.17, 15) is 0 Å². The summed E-state index contributed by atoms with van der Waals surface area (Å²) in [4.78, 5) is 6.53. The van der Waals surface area contributed by atoms with Crippen LogP contribution >= 0.6 is 0 Å². The van der Waals surface area contributed by atoms with Crippen LogP contribution < -0.4 is 10.6 Å². The number of rotatable bonds is 4. The molecule has 1 fully saturated rings. The molecule has 19 heavy (non-hydrogen) atoms. The molecule has 0 amide bonds. The van der Waals surface area contributed by atoms with E-state index in [4.69, 9.17) is 10.9 Å². The van der Waals surface area contributed by atoms with Gasteiger partial charge >= 0.3 is 0 Å². The number of hydrogen-bond acceptors (Lipinski definition) is 4. The Morgan fingerprint density at radius 3 is 2.84 bits per heavy atom. The van der Waals surface area contributed by atoms with E-state index in [1.807, 2.05) is 12.1 Å². The van der Waals surface area contributed by atoms with Gasteiger partial charge in [-0.2, -0.15) is 0 Å². The van der Waals surface area contributed by atoms with E-state index in [2.05, 4.69) is 28.9 Å². The van der Waals surface area contributed by atoms with E-state index < -0.39 is 0 Å². The Hall–Kier alpha value is -1.78. The standard InChI is InChI=1S/C14H22N4O/c1-3-14(4-2)7-9-18(10-14)11-6-5-8-16-12(11)13(15)17-19/h5-6,8,19H,3-4,7,9-10H2,1-2H3,(H2,15,17). The zero-order chi connectivity index (χ0) is 13.9. The van der Waals surface area contributed by atoms with Gasteiger partial charge in [0.25, 0.3) is 0 Å². The van der Waals surface area contributed by atoms with Gasteiger partial charge < -0.3 is 15.8 Å². The van der Waals surface area contributed by atoms with E-state index in [1.165, 1.54) is 19.3 Å². The highest BCUT2D eigenvalue weighted by Crippen LogP contribution is 2.39. The molecular weight excluding hydrogens is 240 g/mol. The van der Waals surface area contributed by atoms with Crippen molar-refractivity contribution in [3.05, 3.63) is 24.0 Å². The molecule has 0 saturated carbocycles. The molecule has 1 aliphatic rings. The van der Waals surface area contributed by atoms with Crippen molar-refractivity contribution in [1.82, 2.24) is 4.98 Å². The largest absolute Gasteiger partial charge is 0.409 e. The van der Waals surface area contributed by atoms with Crippen LogP contribution in [0.3, 0.4) is 0 Å². The summed E-state index contributed by atoms with van der Waals surface area (Å²) < 4.78 is 0. The van der Waals surface area contributed by atoms with Crippen molar-refractivity contribution >= 4 is 11.5 Å². The average molecular weight is 262 g/mol. The maximum Gasteiger partial charge on any atom is 0.190 e. The number of nitrogens with two attached hydrogens (primary N) is 1. The van der Waals surface area contributed by atoms with Crippen molar-refractivity contribution in [2.75, 3.05) is 18.0 Å². The first-order valence-corrected chi connectivity index (χ1v) is 6.83. The van der Waals surface area contributed by atoms with E-state index in [0.717, 1.165) is 18.8 Å². The Labute approximate surface area is 114 Å². The maximum absolute atomic E-state index is 8.85. The summed E-state index contributed by atoms with van der Waals surface area (Å²) in [6.45, 7) is 6.51. The van der Waals surface area contributed by atoms with Gasteiger partial charge in [-0.1, -0.05) is 19.0 Å². The van der Waals surface area contributed by atoms with Crippen LogP contribution in [-0.4, -0.2) is 29.1 Å². The van der Waals surface area contributed by atoms with Gasteiger partial charge in [-0.3, -0.25) is 4.98 Å². The van der Waals surface area contributed by atoms with Gasteiger partial charge in [0.1, 0.15) is 5.69 Å². The van der Waals surface area contributed by atoms with Crippen molar-refractivity contribution in [2.24, 2.45) is 16.3 Å². The summed E-state index contributed by atoms with van der Waals surface area (Å²) in [5.74, 6) is 0.0705. The molecule has 0 unspecified atom stereocenters. The molecule has 0 spiro atoms. The molecule has 0 bridgehead atoms. The second-order valence-electron chi connectivity index (χ2n) is 5.24. The fraction of sp³-hybridized carbons (Fsp3) is 0.571. The second kappa shape index (κ2) is 5.47. The smallest absolute Gasteiger partial charge is 0.190 e. The molecule has 1 saturated heterocycles. The highest BCUT2D eigenvalue weighted by Gasteiger charge is 2.35. The minimum atomic E-state index is 0.0705. The van der Waals surface area contributed by atoms with Gasteiger partial charge in [0.15, 0.2) is 5.84 Å². The summed E-state index contributed by atoms with van der Waals surface area (Å²) in [6.07, 6.45) is 5.21. The normalized spacial score (nSPS) is 18.8. The van der Waals surface area contributed by atoms with Crippen molar-refractivity contribution in [3.63, 3.8) is 0 Å². The zero-order valence-electron chi connectivity index (χ0n) is 11.6. The highest BCUT2D eigenvalue weighted by atomic mass is 16.4. The summed E-state index contributed by atoms with van der Waals surface area (Å²) in [7, 11) is 0. The van der Waals surface area contributed by atoms with E-state index >= 15 is 0 Å². The fourth-order valence-corrected chi connectivity index (χ4v) is 2.86. The van der Waals surface area contributed by atoms with Crippen molar-refractivity contribution in [3.8, 4) is 0 Å². The molecule has 0 atom stereocenters. The van der Waals surface area contributed by atoms with Gasteiger partial charge in [0, 0.05) is 19.3 Å². The molecule has 1 aromatic heterocycles. The number of aromatic nitrogens is 1. The first-order chi connectivity index (χ1) is 9.15. The molecule has 3 N–H and O–H groups in total. The monoisotopic (exact) mass is 262 g/mol. The lowest BCUT2D eigenvalue weighted by Gasteiger charge is -2.27. The zero-order valence-corrected chi connectivity index (χ0v) is 11.6. The number of nitrogens with zero attached hydrogens (tertiary/aromatic N) is 3. The van der Waals surface area contributed by atoms with Crippen LogP contribution in [0.25, 0.3) is 0 Å². The van der Waals surface area contributed by atoms with Gasteiger partial charge in [-0.05, 0) is 36.8 Å². The molecule has 0 radical (unpaired) electrons. The van der Waals surface area contributed by atoms with E-state index in [-0.39, 0.29) is 5.84 Å². The lowest BCUT2D eigenvalue weighted by atomic mass is 9.82. The molecule has 1 aromatic rings. The Balaban J connectivity index is 2.30. The van der Waals surface area contributed by atoms with Crippen LogP contribution in [0, 0.1) is 5.41 Å². The SMILES string of the molecule is CCC1(CC)CCN(c2cccnc2/C(N)=N/O)C1. The molecule has 1 aliphatic heterocycles. The summed E-state index contributed by atoms with van der Waals surface area (Å²) in [5.41, 5.74) is 7.62. The topological polar surface area (TPSA) is 74.7 Å². The summed E-state index contributed by atoms with van der Waals surface area (Å²) in [5, 5.41) is 11.9. The van der Waals surface area contributed by atoms with Crippen LogP contribution in [0.2, 0.25) is 0 Å². The maximum atomic E-state index is 8.85. The van der Waals surface area contributed by atoms with Crippen LogP contribution in [0.5, 0.6) is 0 Å². The van der Waals surface area contributed by atoms with E-state index in [1.54, 1.807) is 6.20 Å². The van der Waals surface area contributed by atoms with Gasteiger partial charge in [-0.25, -0.2) is 0 Å². The first-order valence-electron chi connectivity index (χ1n) is 6.83. The minimum Gasteiger partial charge on any atom is -0.409 e. The summed E-state index contributed by atoms with van der Waals surface area (Å²) in [6, 6.07) is 3.88. The lowest BCUT2D eigenvalue weighted by Crippen LogP contribution is -2.28.